The molecule has 0 aliphatic rings. The molecule has 2 N–H and O–H groups in total. The van der Waals surface area contributed by atoms with E-state index in [2.05, 4.69) is 109 Å². The summed E-state index contributed by atoms with van der Waals surface area (Å²) in [6.45, 7) is 30.9. The van der Waals surface area contributed by atoms with E-state index in [1.165, 1.54) is 0 Å². The maximum absolute atomic E-state index is 11.6. The van der Waals surface area contributed by atoms with Crippen LogP contribution in [0.1, 0.15) is 136 Å². The van der Waals surface area contributed by atoms with Crippen LogP contribution in [0, 0.1) is 17.8 Å². The highest BCUT2D eigenvalue weighted by Crippen LogP contribution is 2.44. The molecule has 4 heteroatoms. The van der Waals surface area contributed by atoms with Crippen LogP contribution in [0.2, 0.25) is 0 Å². The lowest BCUT2D eigenvalue weighted by Gasteiger charge is -2.35. The molecule has 0 radical (unpaired) electrons. The molecular weight excluding hydrogens is 552 g/mol. The van der Waals surface area contributed by atoms with E-state index in [0.29, 0.717) is 22.5 Å². The second-order valence-electron chi connectivity index (χ2n) is 17.7. The molecule has 0 aliphatic heterocycles. The van der Waals surface area contributed by atoms with Crippen molar-refractivity contribution in [3.8, 4) is 11.5 Å². The van der Waals surface area contributed by atoms with Crippen LogP contribution in [-0.2, 0) is 16.2 Å². The molecule has 0 amide bonds. The molecule has 0 spiro atoms. The van der Waals surface area contributed by atoms with Gasteiger partial charge in [-0.25, -0.2) is 0 Å². The molecule has 0 fully saturated rings. The van der Waals surface area contributed by atoms with Crippen LogP contribution in [-0.4, -0.2) is 22.6 Å². The van der Waals surface area contributed by atoms with Gasteiger partial charge in [0.25, 0.3) is 0 Å². The third-order valence-corrected chi connectivity index (χ3v) is 8.26. The van der Waals surface area contributed by atoms with Gasteiger partial charge in [-0.05, 0) is 82.2 Å². The maximum atomic E-state index is 11.6. The molecule has 3 aromatic carbocycles. The Morgan fingerprint density at radius 2 is 0.978 bits per heavy atom. The average molecular weight is 611 g/mol. The smallest absolute Gasteiger partial charge is 0.128 e. The van der Waals surface area contributed by atoms with Crippen LogP contribution >= 0.6 is 0 Å². The molecule has 0 atom stereocenters. The first-order valence-electron chi connectivity index (χ1n) is 16.3. The Bertz CT molecular complexity index is 1570. The summed E-state index contributed by atoms with van der Waals surface area (Å²) in [6.07, 6.45) is 5.35. The number of hydrogen-bond acceptors (Lipinski definition) is 4. The Labute approximate surface area is 273 Å². The fourth-order valence-electron chi connectivity index (χ4n) is 6.93. The summed E-state index contributed by atoms with van der Waals surface area (Å²) in [4.78, 5) is 9.65. The van der Waals surface area contributed by atoms with E-state index in [1.54, 1.807) is 12.4 Å². The number of hydrogen-bond donors (Lipinski definition) is 2. The minimum Gasteiger partial charge on any atom is -0.507 e. The van der Waals surface area contributed by atoms with Crippen LogP contribution in [0.25, 0.3) is 0 Å². The predicted octanol–water partition coefficient (Wildman–Crippen LogP) is 11.6. The van der Waals surface area contributed by atoms with Crippen molar-refractivity contribution in [1.82, 2.24) is 0 Å². The standard InChI is InChI=1S/C41H58N2O2/c1-27-19-28(35(44)31(20-27)40(11,12)25-37(2,3)4)23-42-33-17-15-16-18-34(33)43-24-29-21-30(39(8,9)10)22-32(36(29)45)41(13,14)26-38(5,6)7/h15-24,44-45H,25-26H2,1-14H3. The lowest BCUT2D eigenvalue weighted by molar-refractivity contribution is 0.277. The zero-order valence-electron chi connectivity index (χ0n) is 30.5. The van der Waals surface area contributed by atoms with Crippen molar-refractivity contribution in [2.45, 2.75) is 126 Å². The number of aryl methyl sites for hydroxylation is 1. The number of benzene rings is 3. The summed E-state index contributed by atoms with van der Waals surface area (Å²) in [5, 5.41) is 23.0. The number of phenolic OH excluding ortho intramolecular Hbond substituents is 2. The van der Waals surface area contributed by atoms with Gasteiger partial charge in [-0.1, -0.05) is 114 Å². The Hall–Kier alpha value is -3.40. The van der Waals surface area contributed by atoms with E-state index in [9.17, 15) is 10.2 Å². The van der Waals surface area contributed by atoms with Crippen molar-refractivity contribution in [2.24, 2.45) is 20.8 Å². The van der Waals surface area contributed by atoms with Crippen LogP contribution in [0.4, 0.5) is 11.4 Å². The quantitative estimate of drug-likeness (QED) is 0.249. The van der Waals surface area contributed by atoms with Gasteiger partial charge in [0.15, 0.2) is 0 Å². The van der Waals surface area contributed by atoms with E-state index in [4.69, 9.17) is 9.98 Å². The summed E-state index contributed by atoms with van der Waals surface area (Å²) in [5.41, 5.74) is 6.56. The van der Waals surface area contributed by atoms with Crippen molar-refractivity contribution in [3.63, 3.8) is 0 Å². The molecule has 0 aliphatic carbocycles. The van der Waals surface area contributed by atoms with Gasteiger partial charge in [0.2, 0.25) is 0 Å². The molecule has 45 heavy (non-hydrogen) atoms. The van der Waals surface area contributed by atoms with Gasteiger partial charge in [-0.3, -0.25) is 9.98 Å². The van der Waals surface area contributed by atoms with Crippen molar-refractivity contribution in [1.29, 1.82) is 0 Å². The first kappa shape index (κ1) is 36.1. The number of aromatic hydroxyl groups is 2. The zero-order valence-corrected chi connectivity index (χ0v) is 30.5. The fourth-order valence-corrected chi connectivity index (χ4v) is 6.93. The molecule has 0 aromatic heterocycles. The van der Waals surface area contributed by atoms with Crippen molar-refractivity contribution in [2.75, 3.05) is 0 Å². The first-order chi connectivity index (χ1) is 20.4. The molecule has 3 rings (SSSR count). The van der Waals surface area contributed by atoms with E-state index >= 15 is 0 Å². The van der Waals surface area contributed by atoms with Crippen molar-refractivity contribution in [3.05, 3.63) is 81.9 Å². The maximum Gasteiger partial charge on any atom is 0.128 e. The fraction of sp³-hybridized carbons (Fsp3) is 0.512. The minimum atomic E-state index is -0.232. The lowest BCUT2D eigenvalue weighted by Crippen LogP contribution is -2.26. The summed E-state index contributed by atoms with van der Waals surface area (Å²) in [5.74, 6) is 0.547. The second-order valence-corrected chi connectivity index (χ2v) is 17.7. The number of nitrogens with zero attached hydrogens (tertiary/aromatic N) is 2. The summed E-state index contributed by atoms with van der Waals surface area (Å²) >= 11 is 0. The Kier molecular flexibility index (Phi) is 10.2. The van der Waals surface area contributed by atoms with Gasteiger partial charge in [-0.15, -0.1) is 0 Å². The van der Waals surface area contributed by atoms with Gasteiger partial charge in [0.05, 0.1) is 11.4 Å². The lowest BCUT2D eigenvalue weighted by atomic mass is 9.70. The van der Waals surface area contributed by atoms with E-state index < -0.39 is 0 Å². The molecule has 0 saturated heterocycles. The van der Waals surface area contributed by atoms with Gasteiger partial charge in [-0.2, -0.15) is 0 Å². The summed E-state index contributed by atoms with van der Waals surface area (Å²) in [6, 6.07) is 16.0. The number of phenols is 2. The van der Waals surface area contributed by atoms with E-state index in [1.807, 2.05) is 36.4 Å². The van der Waals surface area contributed by atoms with Crippen LogP contribution in [0.5, 0.6) is 11.5 Å². The SMILES string of the molecule is Cc1cc(C=Nc2ccccc2N=Cc2cc(C(C)(C)C)cc(C(C)(C)CC(C)(C)C)c2O)c(O)c(C(C)(C)CC(C)(C)C)c1. The molecular formula is C41H58N2O2. The third kappa shape index (κ3) is 9.55. The molecule has 0 heterocycles. The molecule has 244 valence electrons. The van der Waals surface area contributed by atoms with Gasteiger partial charge in [0, 0.05) is 34.7 Å². The number of aliphatic imine (C=N–C) groups is 2. The van der Waals surface area contributed by atoms with Gasteiger partial charge in [0.1, 0.15) is 11.5 Å². The largest absolute Gasteiger partial charge is 0.507 e. The highest BCUT2D eigenvalue weighted by atomic mass is 16.3. The van der Waals surface area contributed by atoms with Gasteiger partial charge >= 0.3 is 0 Å². The van der Waals surface area contributed by atoms with Crippen LogP contribution < -0.4 is 0 Å². The summed E-state index contributed by atoms with van der Waals surface area (Å²) < 4.78 is 0. The summed E-state index contributed by atoms with van der Waals surface area (Å²) in [7, 11) is 0. The molecule has 3 aromatic rings. The normalized spacial score (nSPS) is 13.7. The van der Waals surface area contributed by atoms with Crippen LogP contribution in [0.3, 0.4) is 0 Å². The highest BCUT2D eigenvalue weighted by molar-refractivity contribution is 5.90. The average Bonchev–Trinajstić information content (AvgIpc) is 2.85. The van der Waals surface area contributed by atoms with E-state index in [-0.39, 0.29) is 38.6 Å². The Balaban J connectivity index is 2.07. The topological polar surface area (TPSA) is 65.2 Å². The van der Waals surface area contributed by atoms with Crippen molar-refractivity contribution >= 4 is 23.8 Å². The van der Waals surface area contributed by atoms with Gasteiger partial charge < -0.3 is 10.2 Å². The van der Waals surface area contributed by atoms with E-state index in [0.717, 1.165) is 35.1 Å². The molecule has 0 saturated carbocycles. The highest BCUT2D eigenvalue weighted by Gasteiger charge is 2.32. The number of rotatable bonds is 8. The van der Waals surface area contributed by atoms with Crippen molar-refractivity contribution < 1.29 is 10.2 Å². The first-order valence-corrected chi connectivity index (χ1v) is 16.3. The molecule has 0 unspecified atom stereocenters. The monoisotopic (exact) mass is 610 g/mol. The Morgan fingerprint density at radius 1 is 0.578 bits per heavy atom. The van der Waals surface area contributed by atoms with Crippen LogP contribution in [0.15, 0.2) is 58.5 Å². The Morgan fingerprint density at radius 3 is 1.38 bits per heavy atom. The third-order valence-electron chi connectivity index (χ3n) is 8.26. The zero-order chi connectivity index (χ0) is 34.2. The second kappa shape index (κ2) is 12.8. The molecule has 0 bridgehead atoms. The minimum absolute atomic E-state index is 0.0961. The number of para-hydroxylation sites is 2. The molecule has 4 nitrogen and oxygen atoms in total. The predicted molar refractivity (Wildman–Crippen MR) is 195 cm³/mol.